The van der Waals surface area contributed by atoms with Crippen molar-refractivity contribution in [1.29, 1.82) is 0 Å². The lowest BCUT2D eigenvalue weighted by Gasteiger charge is -2.22. The molecule has 2 amide bonds. The molecule has 2 aromatic carbocycles. The minimum Gasteiger partial charge on any atom is -0.397 e. The molecule has 1 heterocycles. The van der Waals surface area contributed by atoms with Crippen molar-refractivity contribution in [2.24, 2.45) is 0 Å². The summed E-state index contributed by atoms with van der Waals surface area (Å²) in [6.07, 6.45) is 0. The third-order valence-corrected chi connectivity index (χ3v) is 3.31. The van der Waals surface area contributed by atoms with E-state index in [-0.39, 0.29) is 21.2 Å². The third kappa shape index (κ3) is 1.20. The number of nitrogen functional groups attached to an aromatic ring is 1. The van der Waals surface area contributed by atoms with Gasteiger partial charge < -0.3 is 5.73 Å². The van der Waals surface area contributed by atoms with Gasteiger partial charge in [0, 0.05) is 10.8 Å². The van der Waals surface area contributed by atoms with Crippen LogP contribution in [0.3, 0.4) is 0 Å². The van der Waals surface area contributed by atoms with Gasteiger partial charge in [-0.15, -0.1) is 5.06 Å². The summed E-state index contributed by atoms with van der Waals surface area (Å²) in [5.74, 6) is -1.56. The highest BCUT2D eigenvalue weighted by molar-refractivity contribution is 6.37. The number of nitrogens with zero attached hydrogens (tertiary/aromatic N) is 1. The van der Waals surface area contributed by atoms with E-state index in [0.29, 0.717) is 16.5 Å². The summed E-state index contributed by atoms with van der Waals surface area (Å²) in [5, 5.41) is 10.7. The molecule has 0 bridgehead atoms. The van der Waals surface area contributed by atoms with Crippen molar-refractivity contribution in [3.8, 4) is 0 Å². The summed E-state index contributed by atoms with van der Waals surface area (Å²) >= 11 is 5.94. The molecule has 6 heteroatoms. The van der Waals surface area contributed by atoms with Crippen LogP contribution in [0.25, 0.3) is 10.8 Å². The Morgan fingerprint density at radius 3 is 2.56 bits per heavy atom. The van der Waals surface area contributed by atoms with Gasteiger partial charge in [0.15, 0.2) is 0 Å². The largest absolute Gasteiger partial charge is 0.397 e. The summed E-state index contributed by atoms with van der Waals surface area (Å²) in [6, 6.07) is 6.19. The van der Waals surface area contributed by atoms with Crippen LogP contribution in [-0.4, -0.2) is 22.1 Å². The molecule has 2 aromatic rings. The molecule has 0 spiro atoms. The molecule has 0 fully saturated rings. The van der Waals surface area contributed by atoms with Gasteiger partial charge in [0.05, 0.1) is 21.8 Å². The average molecular weight is 263 g/mol. The molecule has 0 aliphatic carbocycles. The molecule has 0 aromatic heterocycles. The van der Waals surface area contributed by atoms with Crippen molar-refractivity contribution in [2.45, 2.75) is 0 Å². The van der Waals surface area contributed by atoms with E-state index < -0.39 is 11.8 Å². The molecule has 3 N–H and O–H groups in total. The fourth-order valence-electron chi connectivity index (χ4n) is 2.14. The summed E-state index contributed by atoms with van der Waals surface area (Å²) < 4.78 is 0. The standard InChI is InChI=1S/C12H7ClN2O3/c13-8-4-7-9-5(10(8)14)2-1-3-6(9)11(16)15(18)12(7)17/h1-4,18H,14H2. The number of imide groups is 1. The van der Waals surface area contributed by atoms with Crippen molar-refractivity contribution < 1.29 is 14.8 Å². The van der Waals surface area contributed by atoms with Crippen molar-refractivity contribution in [1.82, 2.24) is 5.06 Å². The Morgan fingerprint density at radius 2 is 1.83 bits per heavy atom. The molecule has 0 saturated heterocycles. The Hall–Kier alpha value is -2.11. The van der Waals surface area contributed by atoms with E-state index in [0.717, 1.165) is 0 Å². The lowest BCUT2D eigenvalue weighted by Crippen LogP contribution is -2.37. The fraction of sp³-hybridized carbons (Fsp3) is 0. The highest BCUT2D eigenvalue weighted by Crippen LogP contribution is 2.36. The SMILES string of the molecule is Nc1c(Cl)cc2c3c(cccc13)C(=O)N(O)C2=O. The van der Waals surface area contributed by atoms with Gasteiger partial charge >= 0.3 is 0 Å². The van der Waals surface area contributed by atoms with Gasteiger partial charge in [-0.2, -0.15) is 0 Å². The third-order valence-electron chi connectivity index (χ3n) is 3.00. The first-order valence-corrected chi connectivity index (χ1v) is 5.48. The van der Waals surface area contributed by atoms with Gasteiger partial charge in [-0.25, -0.2) is 0 Å². The molecule has 0 saturated carbocycles. The van der Waals surface area contributed by atoms with E-state index in [4.69, 9.17) is 17.3 Å². The summed E-state index contributed by atoms with van der Waals surface area (Å²) in [5.41, 5.74) is 6.54. The van der Waals surface area contributed by atoms with Crippen LogP contribution < -0.4 is 5.73 Å². The van der Waals surface area contributed by atoms with Crippen LogP contribution in [-0.2, 0) is 0 Å². The van der Waals surface area contributed by atoms with Gasteiger partial charge in [0.1, 0.15) is 0 Å². The predicted octanol–water partition coefficient (Wildman–Crippen LogP) is 2.06. The Balaban J connectivity index is 2.57. The first-order chi connectivity index (χ1) is 8.52. The Morgan fingerprint density at radius 1 is 1.17 bits per heavy atom. The van der Waals surface area contributed by atoms with Crippen LogP contribution in [0, 0.1) is 0 Å². The predicted molar refractivity (Wildman–Crippen MR) is 65.7 cm³/mol. The van der Waals surface area contributed by atoms with E-state index in [9.17, 15) is 14.8 Å². The van der Waals surface area contributed by atoms with Crippen molar-refractivity contribution in [3.05, 3.63) is 40.4 Å². The first-order valence-electron chi connectivity index (χ1n) is 5.10. The van der Waals surface area contributed by atoms with Crippen LogP contribution in [0.5, 0.6) is 0 Å². The second-order valence-electron chi connectivity index (χ2n) is 3.97. The number of hydroxylamine groups is 2. The Labute approximate surface area is 106 Å². The second-order valence-corrected chi connectivity index (χ2v) is 4.38. The van der Waals surface area contributed by atoms with Gasteiger partial charge in [0.25, 0.3) is 11.8 Å². The van der Waals surface area contributed by atoms with Gasteiger partial charge in [-0.05, 0) is 12.1 Å². The van der Waals surface area contributed by atoms with Crippen LogP contribution in [0.2, 0.25) is 5.02 Å². The highest BCUT2D eigenvalue weighted by atomic mass is 35.5. The molecule has 5 nitrogen and oxygen atoms in total. The van der Waals surface area contributed by atoms with Gasteiger partial charge in [-0.1, -0.05) is 23.7 Å². The van der Waals surface area contributed by atoms with E-state index in [2.05, 4.69) is 0 Å². The molecular weight excluding hydrogens is 256 g/mol. The number of amides is 2. The molecule has 3 rings (SSSR count). The maximum absolute atomic E-state index is 11.8. The number of halogens is 1. The zero-order chi connectivity index (χ0) is 13.0. The minimum absolute atomic E-state index is 0.0869. The average Bonchev–Trinajstić information content (AvgIpc) is 2.38. The van der Waals surface area contributed by atoms with Crippen molar-refractivity contribution >= 4 is 39.9 Å². The van der Waals surface area contributed by atoms with E-state index in [1.807, 2.05) is 0 Å². The lowest BCUT2D eigenvalue weighted by molar-refractivity contribution is -0.0377. The smallest absolute Gasteiger partial charge is 0.285 e. The van der Waals surface area contributed by atoms with E-state index in [1.165, 1.54) is 12.1 Å². The minimum atomic E-state index is -0.800. The summed E-state index contributed by atoms with van der Waals surface area (Å²) in [7, 11) is 0. The number of benzene rings is 2. The van der Waals surface area contributed by atoms with Crippen LogP contribution in [0.15, 0.2) is 24.3 Å². The van der Waals surface area contributed by atoms with Gasteiger partial charge in [-0.3, -0.25) is 14.8 Å². The van der Waals surface area contributed by atoms with Crippen LogP contribution in [0.1, 0.15) is 20.7 Å². The van der Waals surface area contributed by atoms with Crippen molar-refractivity contribution in [2.75, 3.05) is 5.73 Å². The van der Waals surface area contributed by atoms with Crippen LogP contribution >= 0.6 is 11.6 Å². The molecule has 0 atom stereocenters. The van der Waals surface area contributed by atoms with Crippen LogP contribution in [0.4, 0.5) is 5.69 Å². The number of nitrogens with two attached hydrogens (primary N) is 1. The Kier molecular flexibility index (Phi) is 2.10. The molecule has 0 unspecified atom stereocenters. The highest BCUT2D eigenvalue weighted by Gasteiger charge is 2.33. The maximum atomic E-state index is 11.8. The topological polar surface area (TPSA) is 83.6 Å². The number of hydrogen-bond donors (Lipinski definition) is 2. The lowest BCUT2D eigenvalue weighted by atomic mass is 9.94. The Bertz CT molecular complexity index is 727. The molecule has 1 aliphatic heterocycles. The molecular formula is C12H7ClN2O3. The zero-order valence-electron chi connectivity index (χ0n) is 8.98. The van der Waals surface area contributed by atoms with Crippen molar-refractivity contribution in [3.63, 3.8) is 0 Å². The van der Waals surface area contributed by atoms with E-state index in [1.54, 1.807) is 12.1 Å². The second kappa shape index (κ2) is 3.44. The number of rotatable bonds is 0. The number of carbonyl (C=O) groups is 2. The summed E-state index contributed by atoms with van der Waals surface area (Å²) in [4.78, 5) is 23.6. The monoisotopic (exact) mass is 262 g/mol. The number of hydrogen-bond acceptors (Lipinski definition) is 4. The normalized spacial score (nSPS) is 14.4. The molecule has 18 heavy (non-hydrogen) atoms. The molecule has 1 aliphatic rings. The quantitative estimate of drug-likeness (QED) is 0.432. The number of carbonyl (C=O) groups excluding carboxylic acids is 2. The summed E-state index contributed by atoms with van der Waals surface area (Å²) in [6.45, 7) is 0. The molecule has 0 radical (unpaired) electrons. The maximum Gasteiger partial charge on any atom is 0.285 e. The first kappa shape index (κ1) is 11.0. The fourth-order valence-corrected chi connectivity index (χ4v) is 2.35. The molecule has 90 valence electrons. The van der Waals surface area contributed by atoms with Gasteiger partial charge in [0.2, 0.25) is 0 Å². The van der Waals surface area contributed by atoms with E-state index >= 15 is 0 Å². The number of anilines is 1. The zero-order valence-corrected chi connectivity index (χ0v) is 9.73.